The van der Waals surface area contributed by atoms with Gasteiger partial charge >= 0.3 is 5.91 Å². The first kappa shape index (κ1) is 16.3. The van der Waals surface area contributed by atoms with Crippen LogP contribution in [-0.2, 0) is 4.79 Å². The van der Waals surface area contributed by atoms with Crippen LogP contribution in [0, 0.1) is 11.8 Å². The topological polar surface area (TPSA) is 67.2 Å². The van der Waals surface area contributed by atoms with Gasteiger partial charge in [0.25, 0.3) is 0 Å². The third-order valence-corrected chi connectivity index (χ3v) is 5.84. The Labute approximate surface area is 157 Å². The summed E-state index contributed by atoms with van der Waals surface area (Å²) in [5.74, 6) is 1.34. The molecule has 136 valence electrons. The number of carbonyl (C=O) groups excluding carboxylic acids is 1. The van der Waals surface area contributed by atoms with E-state index in [4.69, 9.17) is 0 Å². The van der Waals surface area contributed by atoms with Crippen molar-refractivity contribution in [2.24, 2.45) is 16.8 Å². The van der Waals surface area contributed by atoms with Crippen LogP contribution in [0.2, 0.25) is 0 Å². The zero-order valence-corrected chi connectivity index (χ0v) is 15.5. The molecule has 2 aromatic rings. The molecule has 6 heteroatoms. The smallest absolute Gasteiger partial charge is 0.327 e. The van der Waals surface area contributed by atoms with Crippen LogP contribution in [-0.4, -0.2) is 46.2 Å². The Morgan fingerprint density at radius 3 is 2.89 bits per heavy atom. The molecule has 1 amide bonds. The van der Waals surface area contributed by atoms with Gasteiger partial charge in [0, 0.05) is 30.0 Å². The fourth-order valence-electron chi connectivity index (χ4n) is 4.35. The van der Waals surface area contributed by atoms with Crippen LogP contribution in [0.3, 0.4) is 0 Å². The SMILES string of the molecule is C[N+]1(C)C=C2C=CN=C2C([C@H]2C[C@H](Nc3ccc4cnccc4n3)C2)C1=O. The van der Waals surface area contributed by atoms with Crippen molar-refractivity contribution in [3.63, 3.8) is 0 Å². The number of anilines is 1. The lowest BCUT2D eigenvalue weighted by Gasteiger charge is -2.43. The van der Waals surface area contributed by atoms with Crippen LogP contribution in [0.4, 0.5) is 5.82 Å². The van der Waals surface area contributed by atoms with Crippen molar-refractivity contribution >= 4 is 28.3 Å². The Balaban J connectivity index is 1.30. The van der Waals surface area contributed by atoms with E-state index in [1.165, 1.54) is 0 Å². The number of quaternary nitrogens is 1. The summed E-state index contributed by atoms with van der Waals surface area (Å²) in [5.41, 5.74) is 3.00. The molecule has 2 aliphatic heterocycles. The molecule has 0 saturated heterocycles. The maximum atomic E-state index is 13.0. The Bertz CT molecular complexity index is 1030. The number of fused-ring (bicyclic) bond motifs is 2. The first-order valence-electron chi connectivity index (χ1n) is 9.34. The van der Waals surface area contributed by atoms with Crippen molar-refractivity contribution in [1.29, 1.82) is 0 Å². The van der Waals surface area contributed by atoms with Gasteiger partial charge < -0.3 is 5.32 Å². The number of nitrogens with zero attached hydrogens (tertiary/aromatic N) is 4. The number of pyridine rings is 2. The number of hydrogen-bond donors (Lipinski definition) is 1. The standard InChI is InChI=1S/C21H22N5O/c1-26(2)12-14-5-8-23-20(14)19(21(26)27)15-9-16(10-15)24-18-4-3-13-11-22-7-6-17(13)25-18/h3-8,11-12,15-16,19H,9-10H2,1-2H3,(H,24,25)/q+1/t15-,16-,19?. The number of rotatable bonds is 3. The van der Waals surface area contributed by atoms with Crippen LogP contribution in [0.25, 0.3) is 10.9 Å². The number of nitrogens with one attached hydrogen (secondary N) is 1. The van der Waals surface area contributed by atoms with Gasteiger partial charge in [-0.05, 0) is 43.0 Å². The van der Waals surface area contributed by atoms with Gasteiger partial charge in [-0.2, -0.15) is 0 Å². The van der Waals surface area contributed by atoms with Crippen LogP contribution >= 0.6 is 0 Å². The lowest BCUT2D eigenvalue weighted by atomic mass is 9.68. The predicted molar refractivity (Wildman–Crippen MR) is 105 cm³/mol. The lowest BCUT2D eigenvalue weighted by molar-refractivity contribution is -0.762. The highest BCUT2D eigenvalue weighted by Crippen LogP contribution is 2.42. The van der Waals surface area contributed by atoms with E-state index in [1.54, 1.807) is 6.20 Å². The monoisotopic (exact) mass is 360 g/mol. The van der Waals surface area contributed by atoms with Gasteiger partial charge in [0.2, 0.25) is 0 Å². The molecule has 1 atom stereocenters. The summed E-state index contributed by atoms with van der Waals surface area (Å²) in [7, 11) is 3.90. The summed E-state index contributed by atoms with van der Waals surface area (Å²) in [6, 6.07) is 6.29. The Morgan fingerprint density at radius 1 is 1.19 bits per heavy atom. The highest BCUT2D eigenvalue weighted by molar-refractivity contribution is 6.16. The van der Waals surface area contributed by atoms with E-state index in [-0.39, 0.29) is 16.3 Å². The number of aliphatic imine (C=N–C) groups is 1. The third-order valence-electron chi connectivity index (χ3n) is 5.84. The first-order valence-corrected chi connectivity index (χ1v) is 9.34. The number of hydrogen-bond acceptors (Lipinski definition) is 5. The summed E-state index contributed by atoms with van der Waals surface area (Å²) in [6.45, 7) is 0. The minimum absolute atomic E-state index is 0.108. The van der Waals surface area contributed by atoms with Crippen LogP contribution in [0.15, 0.2) is 59.6 Å². The molecule has 1 fully saturated rings. The molecule has 3 aliphatic rings. The second kappa shape index (κ2) is 5.82. The van der Waals surface area contributed by atoms with Crippen LogP contribution in [0.1, 0.15) is 12.8 Å². The van der Waals surface area contributed by atoms with E-state index < -0.39 is 0 Å². The van der Waals surface area contributed by atoms with E-state index in [2.05, 4.69) is 20.3 Å². The van der Waals surface area contributed by atoms with Gasteiger partial charge in [0.05, 0.1) is 30.9 Å². The average Bonchev–Trinajstić information content (AvgIpc) is 3.06. The molecule has 6 nitrogen and oxygen atoms in total. The van der Waals surface area contributed by atoms with Crippen molar-refractivity contribution < 1.29 is 9.28 Å². The van der Waals surface area contributed by atoms with Gasteiger partial charge in [-0.15, -0.1) is 0 Å². The quantitative estimate of drug-likeness (QED) is 0.855. The summed E-state index contributed by atoms with van der Waals surface area (Å²) >= 11 is 0. The summed E-state index contributed by atoms with van der Waals surface area (Å²) < 4.78 is 0.290. The molecule has 0 bridgehead atoms. The highest BCUT2D eigenvalue weighted by Gasteiger charge is 2.50. The Hall–Kier alpha value is -2.86. The molecule has 0 aromatic carbocycles. The predicted octanol–water partition coefficient (Wildman–Crippen LogP) is 2.91. The molecule has 5 rings (SSSR count). The molecule has 1 saturated carbocycles. The average molecular weight is 360 g/mol. The minimum Gasteiger partial charge on any atom is -0.367 e. The maximum absolute atomic E-state index is 13.0. The summed E-state index contributed by atoms with van der Waals surface area (Å²) in [6.07, 6.45) is 11.3. The van der Waals surface area contributed by atoms with Gasteiger partial charge in [-0.1, -0.05) is 0 Å². The molecule has 1 unspecified atom stereocenters. The number of amides is 1. The van der Waals surface area contributed by atoms with E-state index in [9.17, 15) is 4.79 Å². The maximum Gasteiger partial charge on any atom is 0.327 e. The highest BCUT2D eigenvalue weighted by atomic mass is 16.2. The molecular formula is C21H22N5O+. The number of carbonyl (C=O) groups is 1. The van der Waals surface area contributed by atoms with Crippen molar-refractivity contribution in [3.05, 3.63) is 54.6 Å². The largest absolute Gasteiger partial charge is 0.367 e. The van der Waals surface area contributed by atoms with Crippen LogP contribution < -0.4 is 5.32 Å². The third kappa shape index (κ3) is 2.68. The second-order valence-corrected chi connectivity index (χ2v) is 8.11. The molecule has 0 radical (unpaired) electrons. The fraction of sp³-hybridized carbons (Fsp3) is 0.333. The van der Waals surface area contributed by atoms with Crippen molar-refractivity contribution in [1.82, 2.24) is 9.97 Å². The molecular weight excluding hydrogens is 338 g/mol. The van der Waals surface area contributed by atoms with Gasteiger partial charge in [0.1, 0.15) is 17.9 Å². The van der Waals surface area contributed by atoms with Gasteiger partial charge in [-0.3, -0.25) is 9.98 Å². The Kier molecular flexibility index (Phi) is 3.52. The van der Waals surface area contributed by atoms with Crippen LogP contribution in [0.5, 0.6) is 0 Å². The second-order valence-electron chi connectivity index (χ2n) is 8.11. The lowest BCUT2D eigenvalue weighted by Crippen LogP contribution is -2.55. The van der Waals surface area contributed by atoms with Crippen molar-refractivity contribution in [3.8, 4) is 0 Å². The Morgan fingerprint density at radius 2 is 2.04 bits per heavy atom. The summed E-state index contributed by atoms with van der Waals surface area (Å²) in [4.78, 5) is 26.3. The fourth-order valence-corrected chi connectivity index (χ4v) is 4.35. The first-order chi connectivity index (χ1) is 13.0. The normalized spacial score (nSPS) is 28.4. The van der Waals surface area contributed by atoms with E-state index >= 15 is 0 Å². The minimum atomic E-state index is -0.108. The van der Waals surface area contributed by atoms with Gasteiger partial charge in [0.15, 0.2) is 0 Å². The number of aromatic nitrogens is 2. The molecule has 0 spiro atoms. The molecule has 1 aliphatic carbocycles. The summed E-state index contributed by atoms with van der Waals surface area (Å²) in [5, 5.41) is 4.55. The van der Waals surface area contributed by atoms with E-state index in [0.29, 0.717) is 12.0 Å². The zero-order chi connectivity index (χ0) is 18.6. The van der Waals surface area contributed by atoms with Crippen molar-refractivity contribution in [2.75, 3.05) is 19.4 Å². The molecule has 4 heterocycles. The van der Waals surface area contributed by atoms with Crippen molar-refractivity contribution in [2.45, 2.75) is 18.9 Å². The van der Waals surface area contributed by atoms with E-state index in [0.717, 1.165) is 40.8 Å². The zero-order valence-electron chi connectivity index (χ0n) is 15.5. The van der Waals surface area contributed by atoms with E-state index in [1.807, 2.05) is 57.0 Å². The van der Waals surface area contributed by atoms with Gasteiger partial charge in [-0.25, -0.2) is 14.3 Å². The molecule has 1 N–H and O–H groups in total. The molecule has 2 aromatic heterocycles. The molecule has 27 heavy (non-hydrogen) atoms. The number of allylic oxidation sites excluding steroid dienone is 2.